The van der Waals surface area contributed by atoms with E-state index in [2.05, 4.69) is 5.32 Å². The van der Waals surface area contributed by atoms with E-state index in [-0.39, 0.29) is 11.8 Å². The predicted molar refractivity (Wildman–Crippen MR) is 74.8 cm³/mol. The summed E-state index contributed by atoms with van der Waals surface area (Å²) >= 11 is 0. The zero-order valence-corrected chi connectivity index (χ0v) is 11.8. The van der Waals surface area contributed by atoms with Crippen LogP contribution in [-0.2, 0) is 9.84 Å². The molecule has 3 N–H and O–H groups in total. The molecule has 0 saturated heterocycles. The van der Waals surface area contributed by atoms with E-state index in [0.29, 0.717) is 18.0 Å². The predicted octanol–water partition coefficient (Wildman–Crippen LogP) is 1.51. The third kappa shape index (κ3) is 5.27. The lowest BCUT2D eigenvalue weighted by molar-refractivity contribution is 0.340. The molecule has 1 unspecified atom stereocenters. The number of ether oxygens (including phenoxy) is 1. The van der Waals surface area contributed by atoms with Crippen LogP contribution in [0.3, 0.4) is 0 Å². The fourth-order valence-electron chi connectivity index (χ4n) is 1.74. The lowest BCUT2D eigenvalue weighted by Crippen LogP contribution is -2.25. The fraction of sp³-hybridized carbons (Fsp3) is 0.500. The van der Waals surface area contributed by atoms with Crippen molar-refractivity contribution in [3.63, 3.8) is 0 Å². The highest BCUT2D eigenvalue weighted by molar-refractivity contribution is 7.90. The Morgan fingerprint density at radius 3 is 2.61 bits per heavy atom. The molecule has 1 rings (SSSR count). The fourth-order valence-corrected chi connectivity index (χ4v) is 2.73. The molecule has 1 aromatic carbocycles. The Morgan fingerprint density at radius 2 is 2.06 bits per heavy atom. The highest BCUT2D eigenvalue weighted by atomic mass is 32.2. The van der Waals surface area contributed by atoms with Crippen LogP contribution < -0.4 is 15.8 Å². The van der Waals surface area contributed by atoms with Gasteiger partial charge in [-0.25, -0.2) is 8.42 Å². The van der Waals surface area contributed by atoms with Gasteiger partial charge in [0.25, 0.3) is 0 Å². The number of anilines is 2. The minimum absolute atomic E-state index is 0.0752. The van der Waals surface area contributed by atoms with Crippen LogP contribution in [0.4, 0.5) is 11.4 Å². The van der Waals surface area contributed by atoms with E-state index in [1.54, 1.807) is 18.2 Å². The van der Waals surface area contributed by atoms with Crippen molar-refractivity contribution in [2.75, 3.05) is 29.7 Å². The molecule has 0 amide bonds. The summed E-state index contributed by atoms with van der Waals surface area (Å²) in [6.07, 6.45) is 1.22. The molecule has 1 atom stereocenters. The number of sulfone groups is 1. The lowest BCUT2D eigenvalue weighted by atomic mass is 10.2. The van der Waals surface area contributed by atoms with Gasteiger partial charge in [-0.05, 0) is 19.9 Å². The van der Waals surface area contributed by atoms with Gasteiger partial charge in [0.05, 0.1) is 12.4 Å². The molecule has 5 nitrogen and oxygen atoms in total. The number of nitrogen functional groups attached to an aromatic ring is 1. The van der Waals surface area contributed by atoms with Crippen molar-refractivity contribution >= 4 is 21.2 Å². The Kier molecular flexibility index (Phi) is 4.84. The lowest BCUT2D eigenvalue weighted by Gasteiger charge is -2.15. The van der Waals surface area contributed by atoms with E-state index in [9.17, 15) is 8.42 Å². The molecule has 18 heavy (non-hydrogen) atoms. The van der Waals surface area contributed by atoms with Crippen molar-refractivity contribution in [2.45, 2.75) is 19.9 Å². The van der Waals surface area contributed by atoms with E-state index in [0.717, 1.165) is 5.69 Å². The van der Waals surface area contributed by atoms with E-state index in [1.165, 1.54) is 6.26 Å². The number of rotatable bonds is 6. The maximum atomic E-state index is 11.2. The molecule has 0 aliphatic heterocycles. The van der Waals surface area contributed by atoms with E-state index in [1.807, 2.05) is 13.8 Å². The van der Waals surface area contributed by atoms with Gasteiger partial charge in [0.2, 0.25) is 0 Å². The van der Waals surface area contributed by atoms with Crippen LogP contribution >= 0.6 is 0 Å². The zero-order chi connectivity index (χ0) is 13.8. The number of benzene rings is 1. The van der Waals surface area contributed by atoms with Gasteiger partial charge < -0.3 is 15.8 Å². The van der Waals surface area contributed by atoms with Crippen LogP contribution in [0.15, 0.2) is 18.2 Å². The summed E-state index contributed by atoms with van der Waals surface area (Å²) in [4.78, 5) is 0. The van der Waals surface area contributed by atoms with Crippen LogP contribution in [-0.4, -0.2) is 33.1 Å². The first-order valence-corrected chi connectivity index (χ1v) is 7.84. The average molecular weight is 272 g/mol. The first-order valence-electron chi connectivity index (χ1n) is 5.78. The Morgan fingerprint density at radius 1 is 1.39 bits per heavy atom. The third-order valence-electron chi connectivity index (χ3n) is 2.21. The maximum absolute atomic E-state index is 11.2. The van der Waals surface area contributed by atoms with Crippen molar-refractivity contribution < 1.29 is 13.2 Å². The molecule has 6 heteroatoms. The molecule has 102 valence electrons. The Hall–Kier alpha value is -1.43. The van der Waals surface area contributed by atoms with Crippen LogP contribution in [0.1, 0.15) is 13.8 Å². The van der Waals surface area contributed by atoms with Gasteiger partial charge >= 0.3 is 0 Å². The molecule has 0 aromatic heterocycles. The molecule has 0 bridgehead atoms. The number of hydrogen-bond acceptors (Lipinski definition) is 5. The summed E-state index contributed by atoms with van der Waals surface area (Å²) in [7, 11) is -3.00. The zero-order valence-electron chi connectivity index (χ0n) is 10.9. The van der Waals surface area contributed by atoms with Crippen LogP contribution in [0.5, 0.6) is 5.75 Å². The summed E-state index contributed by atoms with van der Waals surface area (Å²) in [5, 5.41) is 3.10. The maximum Gasteiger partial charge on any atom is 0.149 e. The molecular weight excluding hydrogens is 252 g/mol. The van der Waals surface area contributed by atoms with Crippen molar-refractivity contribution in [1.82, 2.24) is 0 Å². The van der Waals surface area contributed by atoms with Crippen molar-refractivity contribution in [1.29, 1.82) is 0 Å². The molecule has 0 fully saturated rings. The molecule has 0 aliphatic carbocycles. The Labute approximate surface area is 108 Å². The summed E-state index contributed by atoms with van der Waals surface area (Å²) in [5.41, 5.74) is 7.09. The molecule has 0 saturated carbocycles. The Bertz CT molecular complexity index is 500. The third-order valence-corrected chi connectivity index (χ3v) is 3.31. The molecule has 1 aromatic rings. The summed E-state index contributed by atoms with van der Waals surface area (Å²) in [6, 6.07) is 5.10. The highest BCUT2D eigenvalue weighted by Crippen LogP contribution is 2.23. The topological polar surface area (TPSA) is 81.4 Å². The Balaban J connectivity index is 2.77. The highest BCUT2D eigenvalue weighted by Gasteiger charge is 2.11. The minimum Gasteiger partial charge on any atom is -0.494 e. The summed E-state index contributed by atoms with van der Waals surface area (Å²) < 4.78 is 27.7. The number of nitrogens with one attached hydrogen (secondary N) is 1. The summed E-state index contributed by atoms with van der Waals surface area (Å²) in [6.45, 7) is 4.26. The van der Waals surface area contributed by atoms with Gasteiger partial charge in [0.15, 0.2) is 0 Å². The minimum atomic E-state index is -3.00. The number of hydrogen-bond donors (Lipinski definition) is 2. The van der Waals surface area contributed by atoms with Crippen LogP contribution in [0.25, 0.3) is 0 Å². The normalized spacial score (nSPS) is 13.1. The molecule has 0 heterocycles. The number of nitrogens with two attached hydrogens (primary N) is 1. The first kappa shape index (κ1) is 14.6. The monoisotopic (exact) mass is 272 g/mol. The average Bonchev–Trinajstić information content (AvgIpc) is 2.12. The SMILES string of the molecule is CCOc1cc(N)cc(NC(C)CS(C)(=O)=O)c1. The second kappa shape index (κ2) is 5.95. The summed E-state index contributed by atoms with van der Waals surface area (Å²) in [5.74, 6) is 0.748. The van der Waals surface area contributed by atoms with Gasteiger partial charge in [-0.1, -0.05) is 0 Å². The van der Waals surface area contributed by atoms with E-state index >= 15 is 0 Å². The van der Waals surface area contributed by atoms with Gasteiger partial charge in [0, 0.05) is 35.8 Å². The van der Waals surface area contributed by atoms with Crippen molar-refractivity contribution in [3.8, 4) is 5.75 Å². The van der Waals surface area contributed by atoms with Crippen LogP contribution in [0.2, 0.25) is 0 Å². The smallest absolute Gasteiger partial charge is 0.149 e. The van der Waals surface area contributed by atoms with Crippen molar-refractivity contribution in [2.24, 2.45) is 0 Å². The van der Waals surface area contributed by atoms with Gasteiger partial charge in [-0.3, -0.25) is 0 Å². The van der Waals surface area contributed by atoms with E-state index < -0.39 is 9.84 Å². The van der Waals surface area contributed by atoms with Crippen LogP contribution in [0, 0.1) is 0 Å². The largest absolute Gasteiger partial charge is 0.494 e. The van der Waals surface area contributed by atoms with Gasteiger partial charge in [-0.2, -0.15) is 0 Å². The molecular formula is C12H20N2O3S. The quantitative estimate of drug-likeness (QED) is 0.767. The second-order valence-corrected chi connectivity index (χ2v) is 6.55. The van der Waals surface area contributed by atoms with E-state index in [4.69, 9.17) is 10.5 Å². The van der Waals surface area contributed by atoms with Gasteiger partial charge in [0.1, 0.15) is 15.6 Å². The second-order valence-electron chi connectivity index (χ2n) is 4.36. The molecule has 0 aliphatic rings. The van der Waals surface area contributed by atoms with Crippen molar-refractivity contribution in [3.05, 3.63) is 18.2 Å². The van der Waals surface area contributed by atoms with Gasteiger partial charge in [-0.15, -0.1) is 0 Å². The molecule has 0 spiro atoms. The molecule has 0 radical (unpaired) electrons. The standard InChI is InChI=1S/C12H20N2O3S/c1-4-17-12-6-10(13)5-11(7-12)14-9(2)8-18(3,15)16/h5-7,9,14H,4,8,13H2,1-3H3. The first-order chi connectivity index (χ1) is 8.30.